The lowest BCUT2D eigenvalue weighted by Crippen LogP contribution is -1.98. The molecule has 4 aromatic carbocycles. The summed E-state index contributed by atoms with van der Waals surface area (Å²) in [6, 6.07) is 18.0. The second kappa shape index (κ2) is 8.19. The Balaban J connectivity index is 1.53. The van der Waals surface area contributed by atoms with Gasteiger partial charge in [0.2, 0.25) is 0 Å². The number of hydrogen-bond acceptors (Lipinski definition) is 1. The molecule has 4 rings (SSSR count). The van der Waals surface area contributed by atoms with Crippen molar-refractivity contribution in [3.63, 3.8) is 0 Å². The Bertz CT molecular complexity index is 1220. The van der Waals surface area contributed by atoms with Gasteiger partial charge in [-0.1, -0.05) is 49.4 Å². The van der Waals surface area contributed by atoms with Crippen molar-refractivity contribution in [1.82, 2.24) is 0 Å². The molecule has 5 heteroatoms. The van der Waals surface area contributed by atoms with E-state index in [0.717, 1.165) is 34.7 Å². The average Bonchev–Trinajstić information content (AvgIpc) is 2.76. The molecule has 0 heterocycles. The molecule has 0 saturated carbocycles. The van der Waals surface area contributed by atoms with Crippen LogP contribution >= 0.6 is 0 Å². The molecular formula is C25H18F4O. The van der Waals surface area contributed by atoms with Crippen LogP contribution in [0.1, 0.15) is 18.1 Å². The summed E-state index contributed by atoms with van der Waals surface area (Å²) in [5.74, 6) is -4.08. The SMILES string of the molecule is CCc1ccc(OCc2ccc(-c3ccc4c(F)c(F)c(F)cc4c3)cc2)c(F)c1. The summed E-state index contributed by atoms with van der Waals surface area (Å²) in [6.07, 6.45) is 0.752. The highest BCUT2D eigenvalue weighted by Crippen LogP contribution is 2.29. The Kier molecular flexibility index (Phi) is 5.44. The van der Waals surface area contributed by atoms with Gasteiger partial charge in [0.05, 0.1) is 0 Å². The Labute approximate surface area is 171 Å². The van der Waals surface area contributed by atoms with Crippen LogP contribution in [0.15, 0.2) is 66.7 Å². The van der Waals surface area contributed by atoms with Crippen molar-refractivity contribution in [3.05, 3.63) is 101 Å². The largest absolute Gasteiger partial charge is 0.486 e. The fourth-order valence-electron chi connectivity index (χ4n) is 3.32. The van der Waals surface area contributed by atoms with Crippen LogP contribution in [0.4, 0.5) is 17.6 Å². The molecule has 0 fully saturated rings. The maximum absolute atomic E-state index is 14.0. The second-order valence-corrected chi connectivity index (χ2v) is 7.03. The fraction of sp³-hybridized carbons (Fsp3) is 0.120. The van der Waals surface area contributed by atoms with E-state index in [2.05, 4.69) is 0 Å². The van der Waals surface area contributed by atoms with Gasteiger partial charge in [0.1, 0.15) is 6.61 Å². The summed E-state index contributed by atoms with van der Waals surface area (Å²) >= 11 is 0. The Morgan fingerprint density at radius 1 is 0.667 bits per heavy atom. The van der Waals surface area contributed by atoms with E-state index in [0.29, 0.717) is 0 Å². The fourth-order valence-corrected chi connectivity index (χ4v) is 3.32. The first-order chi connectivity index (χ1) is 14.5. The predicted molar refractivity (Wildman–Crippen MR) is 109 cm³/mol. The lowest BCUT2D eigenvalue weighted by molar-refractivity contribution is 0.290. The van der Waals surface area contributed by atoms with E-state index in [1.54, 1.807) is 18.2 Å². The topological polar surface area (TPSA) is 9.23 Å². The lowest BCUT2D eigenvalue weighted by Gasteiger charge is -2.10. The first kappa shape index (κ1) is 20.0. The van der Waals surface area contributed by atoms with Crippen LogP contribution in [0.2, 0.25) is 0 Å². The minimum absolute atomic E-state index is 0.0267. The number of halogens is 4. The Morgan fingerprint density at radius 2 is 1.37 bits per heavy atom. The number of ether oxygens (including phenoxy) is 1. The van der Waals surface area contributed by atoms with Gasteiger partial charge < -0.3 is 4.74 Å². The van der Waals surface area contributed by atoms with Gasteiger partial charge in [-0.15, -0.1) is 0 Å². The van der Waals surface area contributed by atoms with Gasteiger partial charge in [0.25, 0.3) is 0 Å². The molecule has 4 aromatic rings. The molecule has 30 heavy (non-hydrogen) atoms. The number of aryl methyl sites for hydroxylation is 1. The highest BCUT2D eigenvalue weighted by atomic mass is 19.2. The van der Waals surface area contributed by atoms with Crippen molar-refractivity contribution < 1.29 is 22.3 Å². The van der Waals surface area contributed by atoms with Crippen LogP contribution in [-0.2, 0) is 13.0 Å². The number of fused-ring (bicyclic) bond motifs is 1. The van der Waals surface area contributed by atoms with Gasteiger partial charge in [-0.05, 0) is 58.3 Å². The molecule has 0 radical (unpaired) electrons. The van der Waals surface area contributed by atoms with E-state index >= 15 is 0 Å². The minimum Gasteiger partial charge on any atom is -0.486 e. The summed E-state index contributed by atoms with van der Waals surface area (Å²) in [5, 5.41) is 0.307. The average molecular weight is 410 g/mol. The molecule has 0 bridgehead atoms. The third kappa shape index (κ3) is 3.88. The molecular weight excluding hydrogens is 392 g/mol. The summed E-state index contributed by atoms with van der Waals surface area (Å²) in [4.78, 5) is 0. The highest BCUT2D eigenvalue weighted by molar-refractivity contribution is 5.88. The smallest absolute Gasteiger partial charge is 0.195 e. The van der Waals surface area contributed by atoms with Crippen molar-refractivity contribution in [1.29, 1.82) is 0 Å². The van der Waals surface area contributed by atoms with Crippen molar-refractivity contribution >= 4 is 10.8 Å². The Hall–Kier alpha value is -3.34. The maximum Gasteiger partial charge on any atom is 0.195 e. The molecule has 0 amide bonds. The molecule has 0 aliphatic carbocycles. The van der Waals surface area contributed by atoms with Gasteiger partial charge in [-0.25, -0.2) is 17.6 Å². The molecule has 1 nitrogen and oxygen atoms in total. The molecule has 0 atom stereocenters. The molecule has 0 aromatic heterocycles. The van der Waals surface area contributed by atoms with E-state index < -0.39 is 23.3 Å². The van der Waals surface area contributed by atoms with Crippen LogP contribution < -0.4 is 4.74 Å². The summed E-state index contributed by atoms with van der Waals surface area (Å²) in [7, 11) is 0. The van der Waals surface area contributed by atoms with E-state index in [-0.39, 0.29) is 23.1 Å². The molecule has 152 valence electrons. The van der Waals surface area contributed by atoms with Gasteiger partial charge in [-0.3, -0.25) is 0 Å². The maximum atomic E-state index is 14.0. The third-order valence-electron chi connectivity index (χ3n) is 5.06. The van der Waals surface area contributed by atoms with Gasteiger partial charge >= 0.3 is 0 Å². The molecule has 0 aliphatic heterocycles. The van der Waals surface area contributed by atoms with E-state index in [9.17, 15) is 17.6 Å². The third-order valence-corrected chi connectivity index (χ3v) is 5.06. The zero-order valence-electron chi connectivity index (χ0n) is 16.2. The predicted octanol–water partition coefficient (Wildman–Crippen LogP) is 7.20. The monoisotopic (exact) mass is 410 g/mol. The van der Waals surface area contributed by atoms with Crippen LogP contribution in [0.5, 0.6) is 5.75 Å². The van der Waals surface area contributed by atoms with E-state index in [1.165, 1.54) is 12.1 Å². The van der Waals surface area contributed by atoms with Crippen LogP contribution in [0, 0.1) is 23.3 Å². The molecule has 0 spiro atoms. The summed E-state index contributed by atoms with van der Waals surface area (Å²) < 4.78 is 60.4. The quantitative estimate of drug-likeness (QED) is 0.250. The normalized spacial score (nSPS) is 11.1. The van der Waals surface area contributed by atoms with Gasteiger partial charge in [-0.2, -0.15) is 0 Å². The standard InChI is InChI=1S/C25H18F4O/c1-2-15-5-10-23(21(26)11-15)30-14-16-3-6-17(7-4-16)18-8-9-20-19(12-18)13-22(27)25(29)24(20)28/h3-13H,2,14H2,1H3. The van der Waals surface area contributed by atoms with Crippen LogP contribution in [-0.4, -0.2) is 0 Å². The van der Waals surface area contributed by atoms with Crippen molar-refractivity contribution in [2.75, 3.05) is 0 Å². The van der Waals surface area contributed by atoms with Crippen LogP contribution in [0.3, 0.4) is 0 Å². The van der Waals surface area contributed by atoms with E-state index in [4.69, 9.17) is 4.74 Å². The summed E-state index contributed by atoms with van der Waals surface area (Å²) in [6.45, 7) is 2.16. The van der Waals surface area contributed by atoms with Crippen LogP contribution in [0.25, 0.3) is 21.9 Å². The minimum atomic E-state index is -1.47. The molecule has 0 N–H and O–H groups in total. The number of hydrogen-bond donors (Lipinski definition) is 0. The first-order valence-electron chi connectivity index (χ1n) is 9.54. The first-order valence-corrected chi connectivity index (χ1v) is 9.54. The molecule has 0 saturated heterocycles. The zero-order valence-corrected chi connectivity index (χ0v) is 16.2. The molecule has 0 unspecified atom stereocenters. The van der Waals surface area contributed by atoms with Gasteiger partial charge in [0, 0.05) is 5.39 Å². The second-order valence-electron chi connectivity index (χ2n) is 7.03. The van der Waals surface area contributed by atoms with E-state index in [1.807, 2.05) is 37.3 Å². The molecule has 0 aliphatic rings. The van der Waals surface area contributed by atoms with Crippen molar-refractivity contribution in [2.45, 2.75) is 20.0 Å². The number of rotatable bonds is 5. The van der Waals surface area contributed by atoms with Crippen molar-refractivity contribution in [2.24, 2.45) is 0 Å². The lowest BCUT2D eigenvalue weighted by atomic mass is 10.00. The number of benzene rings is 4. The van der Waals surface area contributed by atoms with Crippen molar-refractivity contribution in [3.8, 4) is 16.9 Å². The highest BCUT2D eigenvalue weighted by Gasteiger charge is 2.14. The Morgan fingerprint density at radius 3 is 2.07 bits per heavy atom. The van der Waals surface area contributed by atoms with Gasteiger partial charge in [0.15, 0.2) is 29.0 Å². The zero-order chi connectivity index (χ0) is 21.3. The summed E-state index contributed by atoms with van der Waals surface area (Å²) in [5.41, 5.74) is 3.31.